The van der Waals surface area contributed by atoms with E-state index in [1.807, 2.05) is 6.07 Å². The van der Waals surface area contributed by atoms with Crippen molar-refractivity contribution in [3.05, 3.63) is 35.9 Å². The Balaban J connectivity index is 0.000000810. The van der Waals surface area contributed by atoms with Crippen LogP contribution in [-0.2, 0) is 4.55 Å². The molecule has 0 saturated carbocycles. The van der Waals surface area contributed by atoms with E-state index in [9.17, 15) is 0 Å². The molecule has 0 saturated heterocycles. The van der Waals surface area contributed by atoms with Crippen LogP contribution in [0.15, 0.2) is 30.3 Å². The first kappa shape index (κ1) is 10.6. The second-order valence-corrected chi connectivity index (χ2v) is 3.94. The van der Waals surface area contributed by atoms with Crippen LogP contribution >= 0.6 is 21.5 Å². The summed E-state index contributed by atoms with van der Waals surface area (Å²) in [7, 11) is 5.67. The molecule has 0 aliphatic carbocycles. The summed E-state index contributed by atoms with van der Waals surface area (Å²) < 4.78 is 1.11. The summed E-state index contributed by atoms with van der Waals surface area (Å²) in [5.41, 5.74) is 1.37. The molecular weight excluding hydrogens is 179 g/mol. The Morgan fingerprint density at radius 2 is 1.80 bits per heavy atom. The van der Waals surface area contributed by atoms with Crippen molar-refractivity contribution in [1.82, 2.24) is 0 Å². The van der Waals surface area contributed by atoms with Gasteiger partial charge in [0.25, 0.3) is 0 Å². The van der Waals surface area contributed by atoms with Gasteiger partial charge in [-0.15, -0.1) is 12.4 Å². The van der Waals surface area contributed by atoms with Crippen LogP contribution in [0.2, 0.25) is 0 Å². The maximum Gasteiger partial charge on any atom is 0.505 e. The van der Waals surface area contributed by atoms with Gasteiger partial charge < -0.3 is 9.07 Å². The molecule has 0 nitrogen and oxygen atoms in total. The molecule has 0 atom stereocenters. The molecule has 0 amide bonds. The molecule has 1 aromatic rings. The molecule has 3 heteroatoms. The molecule has 0 fully saturated rings. The van der Waals surface area contributed by atoms with E-state index in [1.165, 1.54) is 5.56 Å². The Kier molecular flexibility index (Phi) is 6.64. The third-order valence-corrected chi connectivity index (χ3v) is 2.56. The molecular formula is C7H8Cl2Mg. The number of rotatable bonds is 2. The van der Waals surface area contributed by atoms with Crippen molar-refractivity contribution in [3.63, 3.8) is 0 Å². The van der Waals surface area contributed by atoms with Gasteiger partial charge in [-0.1, -0.05) is 40.4 Å². The fraction of sp³-hybridized carbons (Fsp3) is 0.143. The molecule has 0 spiro atoms. The normalized spacial score (nSPS) is 7.70. The van der Waals surface area contributed by atoms with Crippen LogP contribution in [0.1, 0.15) is 5.56 Å². The van der Waals surface area contributed by atoms with Gasteiger partial charge in [-0.25, -0.2) is 0 Å². The minimum absolute atomic E-state index is 0. The number of halogens is 2. The molecule has 1 rings (SSSR count). The molecule has 0 aromatic heterocycles. The number of hydrogen-bond donors (Lipinski definition) is 0. The second kappa shape index (κ2) is 6.29. The lowest BCUT2D eigenvalue weighted by molar-refractivity contribution is 1.40. The van der Waals surface area contributed by atoms with Crippen LogP contribution in [0.5, 0.6) is 0 Å². The van der Waals surface area contributed by atoms with E-state index < -0.39 is 0 Å². The van der Waals surface area contributed by atoms with E-state index >= 15 is 0 Å². The summed E-state index contributed by atoms with van der Waals surface area (Å²) in [5.74, 6) is 0. The lowest BCUT2D eigenvalue weighted by Crippen LogP contribution is -1.86. The van der Waals surface area contributed by atoms with Crippen molar-refractivity contribution in [3.8, 4) is 0 Å². The molecule has 0 bridgehead atoms. The Morgan fingerprint density at radius 3 is 2.30 bits per heavy atom. The van der Waals surface area contributed by atoms with Gasteiger partial charge in [0, 0.05) is 0 Å². The summed E-state index contributed by atoms with van der Waals surface area (Å²) in [6, 6.07) is 10.4. The van der Waals surface area contributed by atoms with E-state index in [0.717, 1.165) is 4.55 Å². The van der Waals surface area contributed by atoms with Crippen LogP contribution < -0.4 is 0 Å². The van der Waals surface area contributed by atoms with Crippen molar-refractivity contribution < 1.29 is 0 Å². The average Bonchev–Trinajstić information content (AvgIpc) is 1.91. The molecule has 0 heterocycles. The quantitative estimate of drug-likeness (QED) is 0.624. The minimum Gasteiger partial charge on any atom is -0.345 e. The summed E-state index contributed by atoms with van der Waals surface area (Å²) >= 11 is -0.312. The Morgan fingerprint density at radius 1 is 1.20 bits per heavy atom. The largest absolute Gasteiger partial charge is 0.505 e. The zero-order valence-electron chi connectivity index (χ0n) is 5.59. The summed E-state index contributed by atoms with van der Waals surface area (Å²) in [6.45, 7) is 0. The predicted molar refractivity (Wildman–Crippen MR) is 49.0 cm³/mol. The zero-order chi connectivity index (χ0) is 6.53. The highest BCUT2D eigenvalue weighted by molar-refractivity contribution is 6.93. The van der Waals surface area contributed by atoms with Crippen LogP contribution in [0.3, 0.4) is 0 Å². The van der Waals surface area contributed by atoms with Gasteiger partial charge in [-0.3, -0.25) is 0 Å². The Bertz CT molecular complexity index is 165. The maximum atomic E-state index is 5.67. The zero-order valence-corrected chi connectivity index (χ0v) is 8.57. The number of hydrogen-bond acceptors (Lipinski definition) is 0. The first-order valence-corrected chi connectivity index (χ1v) is 6.17. The lowest BCUT2D eigenvalue weighted by atomic mass is 10.2. The van der Waals surface area contributed by atoms with E-state index in [2.05, 4.69) is 24.3 Å². The minimum atomic E-state index is -0.312. The Labute approximate surface area is 80.9 Å². The topological polar surface area (TPSA) is 0 Å². The fourth-order valence-electron chi connectivity index (χ4n) is 0.754. The van der Waals surface area contributed by atoms with Gasteiger partial charge in [0.1, 0.15) is 0 Å². The highest BCUT2D eigenvalue weighted by atomic mass is 35.5. The molecule has 0 N–H and O–H groups in total. The van der Waals surface area contributed by atoms with Crippen molar-refractivity contribution in [2.24, 2.45) is 0 Å². The SMILES string of the molecule is Cl.[Cl][Mg][CH2]c1ccccc1. The number of benzene rings is 1. The molecule has 0 radical (unpaired) electrons. The van der Waals surface area contributed by atoms with Crippen molar-refractivity contribution in [1.29, 1.82) is 0 Å². The molecule has 1 aromatic carbocycles. The van der Waals surface area contributed by atoms with Gasteiger partial charge in [0.05, 0.1) is 0 Å². The van der Waals surface area contributed by atoms with Gasteiger partial charge >= 0.3 is 19.3 Å². The lowest BCUT2D eigenvalue weighted by Gasteiger charge is -1.92. The standard InChI is InChI=1S/C7H7.2ClH.Mg/c1-7-5-3-2-4-6-7;;;/h2-6H,1H2;2*1H;/q;;;+1/p-1. The Hall–Kier alpha value is 0.566. The predicted octanol–water partition coefficient (Wildman–Crippen LogP) is 2.47. The fourth-order valence-corrected chi connectivity index (χ4v) is 1.96. The van der Waals surface area contributed by atoms with E-state index in [0.29, 0.717) is 0 Å². The third kappa shape index (κ3) is 3.67. The van der Waals surface area contributed by atoms with E-state index in [4.69, 9.17) is 9.07 Å². The monoisotopic (exact) mass is 186 g/mol. The van der Waals surface area contributed by atoms with Gasteiger partial charge in [0.2, 0.25) is 0 Å². The molecule has 0 aliphatic heterocycles. The molecule has 0 aliphatic rings. The third-order valence-electron chi connectivity index (χ3n) is 1.23. The molecule has 0 unspecified atom stereocenters. The highest BCUT2D eigenvalue weighted by Crippen LogP contribution is 1.98. The van der Waals surface area contributed by atoms with E-state index in [1.54, 1.807) is 0 Å². The van der Waals surface area contributed by atoms with Crippen LogP contribution in [0.25, 0.3) is 0 Å². The van der Waals surface area contributed by atoms with Crippen molar-refractivity contribution in [2.45, 2.75) is 4.55 Å². The average molecular weight is 187 g/mol. The summed E-state index contributed by atoms with van der Waals surface area (Å²) in [5, 5.41) is 0. The van der Waals surface area contributed by atoms with Gasteiger partial charge in [-0.2, -0.15) is 0 Å². The first-order chi connectivity index (χ1) is 4.43. The second-order valence-electron chi connectivity index (χ2n) is 1.92. The summed E-state index contributed by atoms with van der Waals surface area (Å²) in [6.07, 6.45) is 0. The highest BCUT2D eigenvalue weighted by Gasteiger charge is 1.91. The first-order valence-electron chi connectivity index (χ1n) is 3.03. The van der Waals surface area contributed by atoms with Gasteiger partial charge in [-0.05, 0) is 0 Å². The van der Waals surface area contributed by atoms with Crippen LogP contribution in [-0.4, -0.2) is 19.3 Å². The van der Waals surface area contributed by atoms with Crippen LogP contribution in [0.4, 0.5) is 0 Å². The van der Waals surface area contributed by atoms with Crippen molar-refractivity contribution >= 4 is 40.7 Å². The summed E-state index contributed by atoms with van der Waals surface area (Å²) in [4.78, 5) is 0. The van der Waals surface area contributed by atoms with E-state index in [-0.39, 0.29) is 31.7 Å². The van der Waals surface area contributed by atoms with Crippen molar-refractivity contribution in [2.75, 3.05) is 0 Å². The smallest absolute Gasteiger partial charge is 0.345 e. The van der Waals surface area contributed by atoms with Gasteiger partial charge in [0.15, 0.2) is 0 Å². The van der Waals surface area contributed by atoms with Crippen LogP contribution in [0, 0.1) is 0 Å². The molecule has 10 heavy (non-hydrogen) atoms. The maximum absolute atomic E-state index is 5.67. The molecule has 52 valence electrons.